The molecule has 1 aromatic carbocycles. The molecule has 0 amide bonds. The molecular formula is C10H12IN. The number of hydrogen-bond acceptors (Lipinski definition) is 1. The van der Waals surface area contributed by atoms with Crippen molar-refractivity contribution in [2.45, 2.75) is 6.42 Å². The summed E-state index contributed by atoms with van der Waals surface area (Å²) >= 11 is 2.30. The molecule has 0 radical (unpaired) electrons. The highest BCUT2D eigenvalue weighted by Gasteiger charge is 1.85. The smallest absolute Gasteiger partial charge is 0.0130 e. The molecule has 64 valence electrons. The van der Waals surface area contributed by atoms with Gasteiger partial charge in [0.15, 0.2) is 0 Å². The number of hydrogen-bond donors (Lipinski definition) is 1. The third kappa shape index (κ3) is 3.36. The first kappa shape index (κ1) is 9.74. The maximum atomic E-state index is 5.36. The first-order valence-corrected chi connectivity index (χ1v) is 5.03. The van der Waals surface area contributed by atoms with Crippen LogP contribution in [0.2, 0.25) is 0 Å². The number of rotatable bonds is 3. The zero-order valence-corrected chi connectivity index (χ0v) is 8.99. The van der Waals surface area contributed by atoms with E-state index in [1.807, 2.05) is 0 Å². The maximum Gasteiger partial charge on any atom is 0.0130 e. The molecule has 0 heterocycles. The van der Waals surface area contributed by atoms with Crippen LogP contribution < -0.4 is 5.73 Å². The SMILES string of the molecule is NCC/C=C/c1ccc(I)cc1. The van der Waals surface area contributed by atoms with E-state index in [0.29, 0.717) is 0 Å². The van der Waals surface area contributed by atoms with Crippen molar-refractivity contribution in [2.24, 2.45) is 5.73 Å². The minimum Gasteiger partial charge on any atom is -0.330 e. The predicted octanol–water partition coefficient (Wildman–Crippen LogP) is 2.65. The third-order valence-electron chi connectivity index (χ3n) is 1.51. The standard InChI is InChI=1S/C10H12IN/c11-10-6-4-9(5-7-10)3-1-2-8-12/h1,3-7H,2,8,12H2/b3-1+. The molecule has 0 aliphatic heterocycles. The lowest BCUT2D eigenvalue weighted by atomic mass is 10.2. The first-order chi connectivity index (χ1) is 5.83. The van der Waals surface area contributed by atoms with Crippen LogP contribution in [0, 0.1) is 3.57 Å². The van der Waals surface area contributed by atoms with E-state index in [-0.39, 0.29) is 0 Å². The summed E-state index contributed by atoms with van der Waals surface area (Å²) in [4.78, 5) is 0. The van der Waals surface area contributed by atoms with Crippen molar-refractivity contribution in [3.05, 3.63) is 39.5 Å². The van der Waals surface area contributed by atoms with Crippen LogP contribution in [0.3, 0.4) is 0 Å². The lowest BCUT2D eigenvalue weighted by Gasteiger charge is -1.92. The summed E-state index contributed by atoms with van der Waals surface area (Å²) in [7, 11) is 0. The van der Waals surface area contributed by atoms with E-state index < -0.39 is 0 Å². The zero-order valence-electron chi connectivity index (χ0n) is 6.83. The fourth-order valence-electron chi connectivity index (χ4n) is 0.890. The lowest BCUT2D eigenvalue weighted by molar-refractivity contribution is 1.01. The second-order valence-electron chi connectivity index (χ2n) is 2.53. The third-order valence-corrected chi connectivity index (χ3v) is 2.23. The van der Waals surface area contributed by atoms with Gasteiger partial charge in [0.2, 0.25) is 0 Å². The van der Waals surface area contributed by atoms with Gasteiger partial charge < -0.3 is 5.73 Å². The highest BCUT2D eigenvalue weighted by Crippen LogP contribution is 2.08. The molecule has 0 aliphatic carbocycles. The topological polar surface area (TPSA) is 26.0 Å². The summed E-state index contributed by atoms with van der Waals surface area (Å²) < 4.78 is 1.27. The van der Waals surface area contributed by atoms with Crippen molar-refractivity contribution in [3.8, 4) is 0 Å². The van der Waals surface area contributed by atoms with Crippen molar-refractivity contribution in [2.75, 3.05) is 6.54 Å². The van der Waals surface area contributed by atoms with E-state index in [1.165, 1.54) is 9.13 Å². The Hall–Kier alpha value is -0.350. The van der Waals surface area contributed by atoms with E-state index in [0.717, 1.165) is 13.0 Å². The van der Waals surface area contributed by atoms with Gasteiger partial charge in [-0.3, -0.25) is 0 Å². The quantitative estimate of drug-likeness (QED) is 0.842. The van der Waals surface area contributed by atoms with Gasteiger partial charge in [0.25, 0.3) is 0 Å². The minimum atomic E-state index is 0.723. The summed E-state index contributed by atoms with van der Waals surface area (Å²) in [5.41, 5.74) is 6.60. The molecule has 0 aromatic heterocycles. The highest BCUT2D eigenvalue weighted by atomic mass is 127. The Morgan fingerprint density at radius 3 is 2.50 bits per heavy atom. The summed E-state index contributed by atoms with van der Waals surface area (Å²) in [6, 6.07) is 8.41. The molecule has 0 saturated carbocycles. The van der Waals surface area contributed by atoms with Gasteiger partial charge >= 0.3 is 0 Å². The number of nitrogens with two attached hydrogens (primary N) is 1. The zero-order chi connectivity index (χ0) is 8.81. The Morgan fingerprint density at radius 1 is 1.25 bits per heavy atom. The van der Waals surface area contributed by atoms with Gasteiger partial charge in [0.1, 0.15) is 0 Å². The average Bonchev–Trinajstić information content (AvgIpc) is 2.09. The van der Waals surface area contributed by atoms with Gasteiger partial charge in [-0.2, -0.15) is 0 Å². The van der Waals surface area contributed by atoms with Crippen molar-refractivity contribution < 1.29 is 0 Å². The van der Waals surface area contributed by atoms with Crippen LogP contribution in [0.4, 0.5) is 0 Å². The van der Waals surface area contributed by atoms with E-state index in [4.69, 9.17) is 5.73 Å². The normalized spacial score (nSPS) is 10.8. The van der Waals surface area contributed by atoms with Crippen molar-refractivity contribution in [3.63, 3.8) is 0 Å². The predicted molar refractivity (Wildman–Crippen MR) is 61.9 cm³/mol. The molecule has 0 spiro atoms. The van der Waals surface area contributed by atoms with Crippen molar-refractivity contribution in [1.82, 2.24) is 0 Å². The molecule has 2 heteroatoms. The first-order valence-electron chi connectivity index (χ1n) is 3.95. The van der Waals surface area contributed by atoms with Gasteiger partial charge in [0.05, 0.1) is 0 Å². The van der Waals surface area contributed by atoms with Crippen molar-refractivity contribution >= 4 is 28.7 Å². The Balaban J connectivity index is 2.58. The molecule has 0 atom stereocenters. The van der Waals surface area contributed by atoms with Crippen LogP contribution in [-0.2, 0) is 0 Å². The molecule has 0 saturated heterocycles. The lowest BCUT2D eigenvalue weighted by Crippen LogP contribution is -1.94. The fourth-order valence-corrected chi connectivity index (χ4v) is 1.25. The molecule has 0 bridgehead atoms. The van der Waals surface area contributed by atoms with Crippen LogP contribution in [-0.4, -0.2) is 6.54 Å². The molecule has 12 heavy (non-hydrogen) atoms. The molecule has 0 fully saturated rings. The molecule has 0 aliphatic rings. The maximum absolute atomic E-state index is 5.36. The van der Waals surface area contributed by atoms with E-state index in [2.05, 4.69) is 59.0 Å². The summed E-state index contributed by atoms with van der Waals surface area (Å²) in [6.45, 7) is 0.723. The average molecular weight is 273 g/mol. The second kappa shape index (κ2) is 5.32. The summed E-state index contributed by atoms with van der Waals surface area (Å²) in [5, 5.41) is 0. The van der Waals surface area contributed by atoms with E-state index >= 15 is 0 Å². The molecule has 2 N–H and O–H groups in total. The van der Waals surface area contributed by atoms with Crippen LogP contribution >= 0.6 is 22.6 Å². The molecule has 0 unspecified atom stereocenters. The Bertz CT molecular complexity index is 251. The number of halogens is 1. The Labute approximate surface area is 86.8 Å². The Kier molecular flexibility index (Phi) is 4.32. The minimum absolute atomic E-state index is 0.723. The molecule has 1 nitrogen and oxygen atoms in total. The second-order valence-corrected chi connectivity index (χ2v) is 3.78. The van der Waals surface area contributed by atoms with Gasteiger partial charge in [-0.25, -0.2) is 0 Å². The van der Waals surface area contributed by atoms with Gasteiger partial charge in [0, 0.05) is 3.57 Å². The van der Waals surface area contributed by atoms with Crippen LogP contribution in [0.5, 0.6) is 0 Å². The van der Waals surface area contributed by atoms with E-state index in [9.17, 15) is 0 Å². The van der Waals surface area contributed by atoms with Gasteiger partial charge in [-0.1, -0.05) is 24.3 Å². The number of benzene rings is 1. The van der Waals surface area contributed by atoms with Crippen LogP contribution in [0.15, 0.2) is 30.3 Å². The highest BCUT2D eigenvalue weighted by molar-refractivity contribution is 14.1. The fraction of sp³-hybridized carbons (Fsp3) is 0.200. The van der Waals surface area contributed by atoms with Crippen LogP contribution in [0.25, 0.3) is 6.08 Å². The molecular weight excluding hydrogens is 261 g/mol. The van der Waals surface area contributed by atoms with Gasteiger partial charge in [-0.15, -0.1) is 0 Å². The van der Waals surface area contributed by atoms with E-state index in [1.54, 1.807) is 0 Å². The molecule has 1 rings (SSSR count). The Morgan fingerprint density at radius 2 is 1.92 bits per heavy atom. The van der Waals surface area contributed by atoms with Crippen LogP contribution in [0.1, 0.15) is 12.0 Å². The summed E-state index contributed by atoms with van der Waals surface area (Å²) in [6.07, 6.45) is 5.15. The van der Waals surface area contributed by atoms with Crippen molar-refractivity contribution in [1.29, 1.82) is 0 Å². The monoisotopic (exact) mass is 273 g/mol. The summed E-state index contributed by atoms with van der Waals surface area (Å²) in [5.74, 6) is 0. The molecule has 1 aromatic rings. The largest absolute Gasteiger partial charge is 0.330 e. The van der Waals surface area contributed by atoms with Gasteiger partial charge in [-0.05, 0) is 53.3 Å².